The topological polar surface area (TPSA) is 20.2 Å². The maximum atomic E-state index is 12.7. The molecule has 0 saturated heterocycles. The zero-order valence-corrected chi connectivity index (χ0v) is 7.06. The van der Waals surface area contributed by atoms with Gasteiger partial charge in [0.25, 0.3) is 0 Å². The molecule has 1 rings (SSSR count). The number of alkyl halides is 4. The summed E-state index contributed by atoms with van der Waals surface area (Å²) in [7, 11) is 0. The van der Waals surface area contributed by atoms with Crippen LogP contribution >= 0.6 is 23.2 Å². The van der Waals surface area contributed by atoms with Gasteiger partial charge >= 0.3 is 0 Å². The molecule has 1 fully saturated rings. The van der Waals surface area contributed by atoms with Crippen LogP contribution in [0.15, 0.2) is 0 Å². The van der Waals surface area contributed by atoms with Gasteiger partial charge in [0.1, 0.15) is 12.3 Å². The molecule has 1 aliphatic carbocycles. The van der Waals surface area contributed by atoms with E-state index in [0.29, 0.717) is 0 Å². The van der Waals surface area contributed by atoms with E-state index in [2.05, 4.69) is 0 Å². The summed E-state index contributed by atoms with van der Waals surface area (Å²) in [5.74, 6) is 0. The van der Waals surface area contributed by atoms with Gasteiger partial charge in [0, 0.05) is 6.42 Å². The molecule has 0 spiro atoms. The quantitative estimate of drug-likeness (QED) is 0.596. The Labute approximate surface area is 73.3 Å². The highest BCUT2D eigenvalue weighted by Gasteiger charge is 2.42. The van der Waals surface area contributed by atoms with Crippen LogP contribution in [-0.4, -0.2) is 34.3 Å². The fraction of sp³-hybridized carbons (Fsp3) is 1.00. The van der Waals surface area contributed by atoms with Crippen molar-refractivity contribution in [2.45, 2.75) is 35.6 Å². The maximum absolute atomic E-state index is 12.7. The van der Waals surface area contributed by atoms with Crippen molar-refractivity contribution in [2.75, 3.05) is 0 Å². The monoisotopic (exact) mass is 204 g/mol. The van der Waals surface area contributed by atoms with E-state index in [9.17, 15) is 8.78 Å². The molecule has 1 saturated carbocycles. The molecule has 0 aromatic heterocycles. The minimum atomic E-state index is -1.50. The van der Waals surface area contributed by atoms with Crippen molar-refractivity contribution >= 4 is 23.2 Å². The molecule has 11 heavy (non-hydrogen) atoms. The van der Waals surface area contributed by atoms with E-state index in [1.807, 2.05) is 0 Å². The summed E-state index contributed by atoms with van der Waals surface area (Å²) in [6.07, 6.45) is -4.62. The molecule has 66 valence electrons. The molecule has 1 nitrogen and oxygen atoms in total. The van der Waals surface area contributed by atoms with Gasteiger partial charge in [-0.25, -0.2) is 8.78 Å². The first-order valence-corrected chi connectivity index (χ1v) is 4.15. The minimum Gasteiger partial charge on any atom is -0.390 e. The maximum Gasteiger partial charge on any atom is 0.122 e. The first-order valence-electron chi connectivity index (χ1n) is 3.28. The van der Waals surface area contributed by atoms with Gasteiger partial charge in [0.15, 0.2) is 0 Å². The Kier molecular flexibility index (Phi) is 2.95. The van der Waals surface area contributed by atoms with Gasteiger partial charge in [-0.15, -0.1) is 23.2 Å². The van der Waals surface area contributed by atoms with Gasteiger partial charge in [0.2, 0.25) is 0 Å². The molecule has 0 radical (unpaired) electrons. The second-order valence-corrected chi connectivity index (χ2v) is 3.66. The molecule has 5 heteroatoms. The van der Waals surface area contributed by atoms with Crippen LogP contribution in [0.5, 0.6) is 0 Å². The second-order valence-electron chi connectivity index (χ2n) is 2.65. The van der Waals surface area contributed by atoms with Crippen LogP contribution in [0.3, 0.4) is 0 Å². The van der Waals surface area contributed by atoms with Crippen molar-refractivity contribution in [3.8, 4) is 0 Å². The zero-order valence-electron chi connectivity index (χ0n) is 5.55. The summed E-state index contributed by atoms with van der Waals surface area (Å²) < 4.78 is 25.3. The highest BCUT2D eigenvalue weighted by atomic mass is 35.5. The smallest absolute Gasteiger partial charge is 0.122 e. The van der Waals surface area contributed by atoms with Crippen LogP contribution in [0, 0.1) is 0 Å². The van der Waals surface area contributed by atoms with E-state index < -0.39 is 29.2 Å². The van der Waals surface area contributed by atoms with Crippen LogP contribution in [0.4, 0.5) is 8.78 Å². The van der Waals surface area contributed by atoms with E-state index in [0.717, 1.165) is 0 Å². The largest absolute Gasteiger partial charge is 0.390 e. The molecule has 1 aliphatic rings. The van der Waals surface area contributed by atoms with Gasteiger partial charge in [-0.05, 0) is 0 Å². The van der Waals surface area contributed by atoms with Crippen LogP contribution in [0.2, 0.25) is 0 Å². The third kappa shape index (κ3) is 1.76. The summed E-state index contributed by atoms with van der Waals surface area (Å²) in [5, 5.41) is 6.88. The van der Waals surface area contributed by atoms with E-state index in [-0.39, 0.29) is 6.42 Å². The van der Waals surface area contributed by atoms with Crippen molar-refractivity contribution in [3.05, 3.63) is 0 Å². The fourth-order valence-electron chi connectivity index (χ4n) is 1.08. The van der Waals surface area contributed by atoms with Gasteiger partial charge in [-0.1, -0.05) is 0 Å². The Balaban J connectivity index is 2.63. The number of hydrogen-bond donors (Lipinski definition) is 1. The summed E-state index contributed by atoms with van der Waals surface area (Å²) >= 11 is 10.8. The van der Waals surface area contributed by atoms with Crippen LogP contribution in [-0.2, 0) is 0 Å². The number of aliphatic hydroxyl groups is 1. The van der Waals surface area contributed by atoms with Gasteiger partial charge < -0.3 is 5.11 Å². The molecule has 0 aliphatic heterocycles. The molecule has 0 aromatic carbocycles. The van der Waals surface area contributed by atoms with Crippen LogP contribution in [0.1, 0.15) is 6.42 Å². The van der Waals surface area contributed by atoms with E-state index in [1.54, 1.807) is 0 Å². The molecule has 0 aromatic rings. The molecule has 4 atom stereocenters. The van der Waals surface area contributed by atoms with Crippen molar-refractivity contribution in [2.24, 2.45) is 0 Å². The predicted molar refractivity (Wildman–Crippen MR) is 39.7 cm³/mol. The molecule has 0 heterocycles. The summed E-state index contributed by atoms with van der Waals surface area (Å²) in [6, 6.07) is 0. The third-order valence-corrected chi connectivity index (χ3v) is 2.86. The van der Waals surface area contributed by atoms with Crippen molar-refractivity contribution in [1.82, 2.24) is 0 Å². The van der Waals surface area contributed by atoms with Crippen LogP contribution < -0.4 is 0 Å². The average molecular weight is 205 g/mol. The highest BCUT2D eigenvalue weighted by molar-refractivity contribution is 6.25. The highest BCUT2D eigenvalue weighted by Crippen LogP contribution is 2.31. The third-order valence-electron chi connectivity index (χ3n) is 1.79. The Morgan fingerprint density at radius 2 is 1.45 bits per heavy atom. The lowest BCUT2D eigenvalue weighted by Gasteiger charge is -2.32. The average Bonchev–Trinajstić information content (AvgIpc) is 1.97. The van der Waals surface area contributed by atoms with Gasteiger partial charge in [-0.2, -0.15) is 0 Å². The van der Waals surface area contributed by atoms with Gasteiger partial charge in [-0.3, -0.25) is 0 Å². The van der Waals surface area contributed by atoms with Crippen molar-refractivity contribution in [3.63, 3.8) is 0 Å². The Morgan fingerprint density at radius 3 is 1.82 bits per heavy atom. The standard InChI is InChI=1S/C6H8Cl2F2O/c7-4-2(9)1-3(10)5(8)6(4)11/h2-6,11H,1H2. The lowest BCUT2D eigenvalue weighted by Crippen LogP contribution is -2.48. The zero-order chi connectivity index (χ0) is 8.59. The molecule has 0 bridgehead atoms. The lowest BCUT2D eigenvalue weighted by molar-refractivity contribution is 0.0487. The Morgan fingerprint density at radius 1 is 1.09 bits per heavy atom. The minimum absolute atomic E-state index is 0.320. The Bertz CT molecular complexity index is 133. The van der Waals surface area contributed by atoms with E-state index in [4.69, 9.17) is 28.3 Å². The number of rotatable bonds is 0. The van der Waals surface area contributed by atoms with Crippen molar-refractivity contribution in [1.29, 1.82) is 0 Å². The Hall–Kier alpha value is 0.400. The molecule has 1 N–H and O–H groups in total. The summed E-state index contributed by atoms with van der Waals surface area (Å²) in [6.45, 7) is 0. The van der Waals surface area contributed by atoms with Crippen molar-refractivity contribution < 1.29 is 13.9 Å². The normalized spacial score (nSPS) is 52.6. The molecule has 0 amide bonds. The first-order chi connectivity index (χ1) is 5.04. The van der Waals surface area contributed by atoms with Crippen LogP contribution in [0.25, 0.3) is 0 Å². The van der Waals surface area contributed by atoms with E-state index >= 15 is 0 Å². The first kappa shape index (κ1) is 9.49. The molecular formula is C6H8Cl2F2O. The van der Waals surface area contributed by atoms with E-state index in [1.165, 1.54) is 0 Å². The second kappa shape index (κ2) is 3.42. The fourth-order valence-corrected chi connectivity index (χ4v) is 1.67. The summed E-state index contributed by atoms with van der Waals surface area (Å²) in [5.41, 5.74) is 0. The lowest BCUT2D eigenvalue weighted by atomic mass is 9.93. The molecular weight excluding hydrogens is 197 g/mol. The SMILES string of the molecule is OC1C(Cl)C(F)CC(F)C1Cl. The molecule has 4 unspecified atom stereocenters. The summed E-state index contributed by atoms with van der Waals surface area (Å²) in [4.78, 5) is 0. The number of halogens is 4. The predicted octanol–water partition coefficient (Wildman–Crippen LogP) is 1.64. The number of aliphatic hydroxyl groups excluding tert-OH is 1. The van der Waals surface area contributed by atoms with Gasteiger partial charge in [0.05, 0.1) is 16.9 Å². The number of hydrogen-bond acceptors (Lipinski definition) is 1.